The standard InChI is InChI=1S/C20H19FN6O2/c1-13-23-24-25-27(13)11-14-2-4-15(5-3-14)20(29)22-17-10-19(28)26(12-17)18-8-6-16(21)7-9-18/h2-9,17H,10-12H2,1H3,(H,22,29)/t17-/m1/s1. The highest BCUT2D eigenvalue weighted by molar-refractivity contribution is 5.98. The lowest BCUT2D eigenvalue weighted by atomic mass is 10.1. The molecule has 4 rings (SSSR count). The highest BCUT2D eigenvalue weighted by atomic mass is 19.1. The average molecular weight is 394 g/mol. The molecule has 0 aliphatic carbocycles. The summed E-state index contributed by atoms with van der Waals surface area (Å²) in [6, 6.07) is 12.6. The number of carbonyl (C=O) groups excluding carboxylic acids is 2. The molecule has 8 nitrogen and oxygen atoms in total. The molecule has 9 heteroatoms. The lowest BCUT2D eigenvalue weighted by Crippen LogP contribution is -2.37. The predicted molar refractivity (Wildman–Crippen MR) is 103 cm³/mol. The minimum Gasteiger partial charge on any atom is -0.347 e. The van der Waals surface area contributed by atoms with E-state index in [-0.39, 0.29) is 30.1 Å². The summed E-state index contributed by atoms with van der Waals surface area (Å²) in [5.41, 5.74) is 2.10. The van der Waals surface area contributed by atoms with Crippen molar-refractivity contribution in [2.45, 2.75) is 25.9 Å². The summed E-state index contributed by atoms with van der Waals surface area (Å²) in [6.07, 6.45) is 0.208. The third-order valence-corrected chi connectivity index (χ3v) is 4.86. The first-order chi connectivity index (χ1) is 14.0. The van der Waals surface area contributed by atoms with Gasteiger partial charge in [-0.3, -0.25) is 9.59 Å². The molecule has 29 heavy (non-hydrogen) atoms. The molecule has 1 saturated heterocycles. The molecule has 2 heterocycles. The Bertz CT molecular complexity index is 1030. The average Bonchev–Trinajstić information content (AvgIpc) is 3.28. The molecule has 2 amide bonds. The molecule has 0 saturated carbocycles. The number of hydrogen-bond donors (Lipinski definition) is 1. The minimum absolute atomic E-state index is 0.103. The molecule has 0 radical (unpaired) electrons. The van der Waals surface area contributed by atoms with Gasteiger partial charge in [-0.05, 0) is 59.3 Å². The van der Waals surface area contributed by atoms with Crippen LogP contribution in [0.4, 0.5) is 10.1 Å². The summed E-state index contributed by atoms with van der Waals surface area (Å²) in [7, 11) is 0. The second-order valence-electron chi connectivity index (χ2n) is 6.94. The van der Waals surface area contributed by atoms with Gasteiger partial charge < -0.3 is 10.2 Å². The lowest BCUT2D eigenvalue weighted by Gasteiger charge is -2.17. The zero-order valence-corrected chi connectivity index (χ0v) is 15.7. The van der Waals surface area contributed by atoms with Gasteiger partial charge in [-0.25, -0.2) is 9.07 Å². The summed E-state index contributed by atoms with van der Waals surface area (Å²) in [4.78, 5) is 26.4. The number of aryl methyl sites for hydroxylation is 1. The Morgan fingerprint density at radius 1 is 1.17 bits per heavy atom. The Kier molecular flexibility index (Phi) is 5.03. The number of nitrogens with one attached hydrogen (secondary N) is 1. The molecular weight excluding hydrogens is 375 g/mol. The quantitative estimate of drug-likeness (QED) is 0.711. The Labute approximate surface area is 166 Å². The SMILES string of the molecule is Cc1nnnn1Cc1ccc(C(=O)N[C@@H]2CC(=O)N(c3ccc(F)cc3)C2)cc1. The van der Waals surface area contributed by atoms with Crippen molar-refractivity contribution in [3.63, 3.8) is 0 Å². The molecule has 2 aromatic carbocycles. The van der Waals surface area contributed by atoms with E-state index < -0.39 is 0 Å². The Morgan fingerprint density at radius 2 is 1.90 bits per heavy atom. The van der Waals surface area contributed by atoms with E-state index in [1.54, 1.807) is 33.8 Å². The predicted octanol–water partition coefficient (Wildman–Crippen LogP) is 1.70. The van der Waals surface area contributed by atoms with Crippen molar-refractivity contribution < 1.29 is 14.0 Å². The van der Waals surface area contributed by atoms with Crippen LogP contribution in [0.2, 0.25) is 0 Å². The minimum atomic E-state index is -0.357. The number of nitrogens with zero attached hydrogens (tertiary/aromatic N) is 5. The van der Waals surface area contributed by atoms with Crippen LogP contribution in [0.25, 0.3) is 0 Å². The molecule has 1 fully saturated rings. The molecule has 0 bridgehead atoms. The highest BCUT2D eigenvalue weighted by Gasteiger charge is 2.31. The van der Waals surface area contributed by atoms with E-state index in [0.717, 1.165) is 5.56 Å². The van der Waals surface area contributed by atoms with Crippen molar-refractivity contribution >= 4 is 17.5 Å². The number of tetrazole rings is 1. The Hall–Kier alpha value is -3.62. The Morgan fingerprint density at radius 3 is 2.55 bits per heavy atom. The zero-order chi connectivity index (χ0) is 20.4. The summed E-state index contributed by atoms with van der Waals surface area (Å²) < 4.78 is 14.8. The van der Waals surface area contributed by atoms with Crippen LogP contribution in [0.3, 0.4) is 0 Å². The van der Waals surface area contributed by atoms with Crippen molar-refractivity contribution in [3.05, 3.63) is 71.3 Å². The van der Waals surface area contributed by atoms with Gasteiger partial charge in [-0.15, -0.1) is 5.10 Å². The largest absolute Gasteiger partial charge is 0.347 e. The van der Waals surface area contributed by atoms with E-state index in [1.165, 1.54) is 12.1 Å². The lowest BCUT2D eigenvalue weighted by molar-refractivity contribution is -0.117. The van der Waals surface area contributed by atoms with Crippen molar-refractivity contribution in [3.8, 4) is 0 Å². The van der Waals surface area contributed by atoms with Crippen LogP contribution in [-0.4, -0.2) is 44.6 Å². The summed E-state index contributed by atoms with van der Waals surface area (Å²) in [5, 5.41) is 14.2. The van der Waals surface area contributed by atoms with Gasteiger partial charge in [0, 0.05) is 24.2 Å². The van der Waals surface area contributed by atoms with Crippen LogP contribution < -0.4 is 10.2 Å². The molecule has 1 atom stereocenters. The van der Waals surface area contributed by atoms with Crippen LogP contribution in [0, 0.1) is 12.7 Å². The fourth-order valence-corrected chi connectivity index (χ4v) is 3.27. The third kappa shape index (κ3) is 4.13. The van der Waals surface area contributed by atoms with Crippen molar-refractivity contribution in [2.75, 3.05) is 11.4 Å². The number of carbonyl (C=O) groups is 2. The van der Waals surface area contributed by atoms with Crippen molar-refractivity contribution in [2.24, 2.45) is 0 Å². The molecule has 1 aliphatic heterocycles. The van der Waals surface area contributed by atoms with E-state index >= 15 is 0 Å². The fourth-order valence-electron chi connectivity index (χ4n) is 3.27. The number of amides is 2. The maximum Gasteiger partial charge on any atom is 0.251 e. The van der Waals surface area contributed by atoms with Crippen LogP contribution in [-0.2, 0) is 11.3 Å². The number of rotatable bonds is 5. The van der Waals surface area contributed by atoms with Crippen molar-refractivity contribution in [1.29, 1.82) is 0 Å². The summed E-state index contributed by atoms with van der Waals surface area (Å²) >= 11 is 0. The van der Waals surface area contributed by atoms with Gasteiger partial charge in [0.05, 0.1) is 12.6 Å². The zero-order valence-electron chi connectivity index (χ0n) is 15.7. The number of halogens is 1. The summed E-state index contributed by atoms with van der Waals surface area (Å²) in [5.74, 6) is 0.00958. The van der Waals surface area contributed by atoms with E-state index in [9.17, 15) is 14.0 Å². The molecule has 1 N–H and O–H groups in total. The van der Waals surface area contributed by atoms with Crippen LogP contribution in [0.5, 0.6) is 0 Å². The molecule has 1 aliphatic rings. The molecule has 3 aromatic rings. The van der Waals surface area contributed by atoms with Gasteiger partial charge in [0.2, 0.25) is 5.91 Å². The normalized spacial score (nSPS) is 16.3. The maximum atomic E-state index is 13.1. The first-order valence-corrected chi connectivity index (χ1v) is 9.18. The molecule has 0 unspecified atom stereocenters. The molecule has 0 spiro atoms. The van der Waals surface area contributed by atoms with Gasteiger partial charge in [0.25, 0.3) is 5.91 Å². The number of anilines is 1. The van der Waals surface area contributed by atoms with Crippen LogP contribution in [0.1, 0.15) is 28.2 Å². The summed E-state index contributed by atoms with van der Waals surface area (Å²) in [6.45, 7) is 2.69. The van der Waals surface area contributed by atoms with E-state index in [1.807, 2.05) is 19.1 Å². The molecule has 148 valence electrons. The van der Waals surface area contributed by atoms with Gasteiger partial charge >= 0.3 is 0 Å². The first kappa shape index (κ1) is 18.7. The Balaban J connectivity index is 1.37. The topological polar surface area (TPSA) is 93.0 Å². The third-order valence-electron chi connectivity index (χ3n) is 4.86. The highest BCUT2D eigenvalue weighted by Crippen LogP contribution is 2.22. The van der Waals surface area contributed by atoms with Crippen molar-refractivity contribution in [1.82, 2.24) is 25.5 Å². The number of benzene rings is 2. The maximum absolute atomic E-state index is 13.1. The van der Waals surface area contributed by atoms with Crippen LogP contribution >= 0.6 is 0 Å². The van der Waals surface area contributed by atoms with E-state index in [2.05, 4.69) is 20.8 Å². The van der Waals surface area contributed by atoms with E-state index in [4.69, 9.17) is 0 Å². The molecule has 1 aromatic heterocycles. The van der Waals surface area contributed by atoms with Gasteiger partial charge in [-0.2, -0.15) is 0 Å². The second-order valence-corrected chi connectivity index (χ2v) is 6.94. The number of aromatic nitrogens is 4. The second kappa shape index (κ2) is 7.78. The fraction of sp³-hybridized carbons (Fsp3) is 0.250. The smallest absolute Gasteiger partial charge is 0.251 e. The van der Waals surface area contributed by atoms with Gasteiger partial charge in [0.15, 0.2) is 0 Å². The monoisotopic (exact) mass is 394 g/mol. The number of hydrogen-bond acceptors (Lipinski definition) is 5. The van der Waals surface area contributed by atoms with E-state index in [0.29, 0.717) is 30.2 Å². The van der Waals surface area contributed by atoms with Crippen LogP contribution in [0.15, 0.2) is 48.5 Å². The van der Waals surface area contributed by atoms with Gasteiger partial charge in [-0.1, -0.05) is 12.1 Å². The molecular formula is C20H19FN6O2. The first-order valence-electron chi connectivity index (χ1n) is 9.18. The van der Waals surface area contributed by atoms with Gasteiger partial charge in [0.1, 0.15) is 11.6 Å².